The van der Waals surface area contributed by atoms with Crippen molar-refractivity contribution in [2.45, 2.75) is 38.0 Å². The number of anilines is 1. The Morgan fingerprint density at radius 3 is 2.74 bits per heavy atom. The zero-order valence-electron chi connectivity index (χ0n) is 19.4. The van der Waals surface area contributed by atoms with Crippen LogP contribution in [0.15, 0.2) is 71.1 Å². The van der Waals surface area contributed by atoms with E-state index in [2.05, 4.69) is 27.4 Å². The lowest BCUT2D eigenvalue weighted by molar-refractivity contribution is -0.119. The molecule has 0 radical (unpaired) electrons. The molecule has 4 aromatic rings. The third-order valence-corrected chi connectivity index (χ3v) is 6.23. The lowest BCUT2D eigenvalue weighted by atomic mass is 10.2. The van der Waals surface area contributed by atoms with E-state index in [1.165, 1.54) is 16.3 Å². The van der Waals surface area contributed by atoms with Crippen molar-refractivity contribution in [2.75, 3.05) is 11.1 Å². The van der Waals surface area contributed by atoms with Crippen LogP contribution in [0, 0.1) is 0 Å². The van der Waals surface area contributed by atoms with E-state index < -0.39 is 0 Å². The third-order valence-electron chi connectivity index (χ3n) is 5.30. The van der Waals surface area contributed by atoms with Crippen molar-refractivity contribution in [1.82, 2.24) is 24.5 Å². The number of hydrogen-bond donors (Lipinski definition) is 2. The van der Waals surface area contributed by atoms with Crippen LogP contribution in [0.4, 0.5) is 5.69 Å². The topological polar surface area (TPSA) is 110 Å². The monoisotopic (exact) mass is 490 g/mol. The first kappa shape index (κ1) is 24.2. The van der Waals surface area contributed by atoms with Gasteiger partial charge in [0.05, 0.1) is 16.7 Å². The molecule has 0 spiro atoms. The van der Waals surface area contributed by atoms with Gasteiger partial charge in [-0.15, -0.1) is 16.8 Å². The van der Waals surface area contributed by atoms with E-state index in [1.54, 1.807) is 16.5 Å². The van der Waals surface area contributed by atoms with Gasteiger partial charge in [0.1, 0.15) is 0 Å². The van der Waals surface area contributed by atoms with Gasteiger partial charge in [0.2, 0.25) is 17.6 Å². The second-order valence-electron chi connectivity index (χ2n) is 7.90. The summed E-state index contributed by atoms with van der Waals surface area (Å²) in [4.78, 5) is 37.3. The highest BCUT2D eigenvalue weighted by Crippen LogP contribution is 2.21. The number of nitrogens with zero attached hydrogens (tertiary/aromatic N) is 4. The van der Waals surface area contributed by atoms with E-state index in [0.29, 0.717) is 47.0 Å². The van der Waals surface area contributed by atoms with Crippen molar-refractivity contribution in [2.24, 2.45) is 0 Å². The molecule has 0 fully saturated rings. The average Bonchev–Trinajstić information content (AvgIpc) is 3.28. The minimum atomic E-state index is -0.170. The summed E-state index contributed by atoms with van der Waals surface area (Å²) in [5, 5.41) is 15.3. The van der Waals surface area contributed by atoms with Gasteiger partial charge in [-0.3, -0.25) is 23.4 Å². The van der Waals surface area contributed by atoms with Crippen LogP contribution in [0.25, 0.3) is 16.7 Å². The van der Waals surface area contributed by atoms with Gasteiger partial charge >= 0.3 is 0 Å². The van der Waals surface area contributed by atoms with Crippen molar-refractivity contribution >= 4 is 45.9 Å². The van der Waals surface area contributed by atoms with Gasteiger partial charge in [0, 0.05) is 25.2 Å². The predicted octanol–water partition coefficient (Wildman–Crippen LogP) is 3.38. The second-order valence-corrected chi connectivity index (χ2v) is 8.85. The normalized spacial score (nSPS) is 11.0. The van der Waals surface area contributed by atoms with Crippen molar-refractivity contribution in [3.05, 3.63) is 77.1 Å². The van der Waals surface area contributed by atoms with Gasteiger partial charge in [0.25, 0.3) is 5.56 Å². The third kappa shape index (κ3) is 5.43. The lowest BCUT2D eigenvalue weighted by Gasteiger charge is -2.10. The van der Waals surface area contributed by atoms with E-state index in [4.69, 9.17) is 0 Å². The number of allylic oxidation sites excluding steroid dienone is 1. The Kier molecular flexibility index (Phi) is 7.61. The molecule has 0 bridgehead atoms. The summed E-state index contributed by atoms with van der Waals surface area (Å²) in [5.74, 6) is 0.328. The number of benzene rings is 2. The Bertz CT molecular complexity index is 1460. The lowest BCUT2D eigenvalue weighted by Crippen LogP contribution is -2.25. The molecular weight excluding hydrogens is 464 g/mol. The van der Waals surface area contributed by atoms with Crippen molar-refractivity contribution in [3.8, 4) is 0 Å². The van der Waals surface area contributed by atoms with Crippen LogP contribution in [0.3, 0.4) is 0 Å². The molecular formula is C25H26N6O3S. The number of carbonyl (C=O) groups is 2. The number of fused-ring (bicyclic) bond motifs is 3. The number of nitrogens with one attached hydrogen (secondary N) is 2. The average molecular weight is 491 g/mol. The number of para-hydroxylation sites is 1. The van der Waals surface area contributed by atoms with Crippen LogP contribution in [0.1, 0.15) is 25.3 Å². The van der Waals surface area contributed by atoms with E-state index in [-0.39, 0.29) is 23.1 Å². The van der Waals surface area contributed by atoms with Crippen LogP contribution in [0.5, 0.6) is 0 Å². The first-order chi connectivity index (χ1) is 17.0. The first-order valence-corrected chi connectivity index (χ1v) is 12.3. The zero-order valence-corrected chi connectivity index (χ0v) is 20.2. The molecule has 2 heterocycles. The van der Waals surface area contributed by atoms with Crippen molar-refractivity contribution in [1.29, 1.82) is 0 Å². The van der Waals surface area contributed by atoms with Gasteiger partial charge < -0.3 is 10.6 Å². The minimum absolute atomic E-state index is 0.0309. The summed E-state index contributed by atoms with van der Waals surface area (Å²) in [5.41, 5.74) is 2.10. The molecule has 0 aliphatic carbocycles. The summed E-state index contributed by atoms with van der Waals surface area (Å²) in [6.07, 6.45) is 2.88. The molecule has 0 saturated heterocycles. The van der Waals surface area contributed by atoms with Crippen LogP contribution in [-0.2, 0) is 22.7 Å². The molecule has 4 rings (SSSR count). The Morgan fingerprint density at radius 2 is 1.94 bits per heavy atom. The molecule has 0 aliphatic heterocycles. The molecule has 180 valence electrons. The molecule has 2 aromatic heterocycles. The number of hydrogen-bond acceptors (Lipinski definition) is 6. The highest BCUT2D eigenvalue weighted by Gasteiger charge is 2.17. The molecule has 9 nitrogen and oxygen atoms in total. The number of rotatable bonds is 10. The fourth-order valence-corrected chi connectivity index (χ4v) is 4.48. The minimum Gasteiger partial charge on any atom is -0.351 e. The fourth-order valence-electron chi connectivity index (χ4n) is 3.71. The van der Waals surface area contributed by atoms with Crippen molar-refractivity contribution in [3.63, 3.8) is 0 Å². The molecule has 0 unspecified atom stereocenters. The Morgan fingerprint density at radius 1 is 1.11 bits per heavy atom. The molecule has 35 heavy (non-hydrogen) atoms. The van der Waals surface area contributed by atoms with E-state index >= 15 is 0 Å². The van der Waals surface area contributed by atoms with Crippen LogP contribution in [-0.4, -0.2) is 36.7 Å². The van der Waals surface area contributed by atoms with E-state index in [1.807, 2.05) is 49.4 Å². The SMILES string of the molecule is C=CCn1c(=O)c2ccccc2n2c(SCC(=O)NCc3cccc(NC(=O)CCC)c3)nnc12. The van der Waals surface area contributed by atoms with E-state index in [9.17, 15) is 14.4 Å². The summed E-state index contributed by atoms with van der Waals surface area (Å²) in [6, 6.07) is 14.6. The highest BCUT2D eigenvalue weighted by atomic mass is 32.2. The maximum absolute atomic E-state index is 12.9. The Balaban J connectivity index is 1.46. The van der Waals surface area contributed by atoms with Gasteiger partial charge in [-0.2, -0.15) is 0 Å². The van der Waals surface area contributed by atoms with Crippen LogP contribution in [0.2, 0.25) is 0 Å². The van der Waals surface area contributed by atoms with Gasteiger partial charge in [-0.05, 0) is 36.2 Å². The quantitative estimate of drug-likeness (QED) is 0.261. The Labute approximate surface area is 206 Å². The van der Waals surface area contributed by atoms with Gasteiger partial charge in [0.15, 0.2) is 5.16 Å². The number of carbonyl (C=O) groups excluding carboxylic acids is 2. The predicted molar refractivity (Wildman–Crippen MR) is 138 cm³/mol. The molecule has 2 N–H and O–H groups in total. The fraction of sp³-hybridized carbons (Fsp3) is 0.240. The number of amides is 2. The molecule has 10 heteroatoms. The summed E-state index contributed by atoms with van der Waals surface area (Å²) >= 11 is 1.24. The maximum atomic E-state index is 12.9. The van der Waals surface area contributed by atoms with Crippen molar-refractivity contribution < 1.29 is 9.59 Å². The molecule has 2 aromatic carbocycles. The molecule has 0 atom stereocenters. The summed E-state index contributed by atoms with van der Waals surface area (Å²) in [6.45, 7) is 6.31. The maximum Gasteiger partial charge on any atom is 0.263 e. The van der Waals surface area contributed by atoms with Gasteiger partial charge in [-0.25, -0.2) is 0 Å². The molecule has 2 amide bonds. The smallest absolute Gasteiger partial charge is 0.263 e. The Hall–Kier alpha value is -3.92. The number of aromatic nitrogens is 4. The molecule has 0 aliphatic rings. The van der Waals surface area contributed by atoms with Gasteiger partial charge in [-0.1, -0.05) is 49.0 Å². The summed E-state index contributed by atoms with van der Waals surface area (Å²) in [7, 11) is 0. The summed E-state index contributed by atoms with van der Waals surface area (Å²) < 4.78 is 3.30. The van der Waals surface area contributed by atoms with Crippen LogP contribution < -0.4 is 16.2 Å². The first-order valence-electron chi connectivity index (χ1n) is 11.3. The molecule has 0 saturated carbocycles. The second kappa shape index (κ2) is 11.0. The van der Waals surface area contributed by atoms with Crippen LogP contribution >= 0.6 is 11.8 Å². The standard InChI is InChI=1S/C25H26N6O3S/c1-3-8-21(32)27-18-10-7-9-17(14-18)15-26-22(33)16-35-25-29-28-24-30(13-4-2)23(34)19-11-5-6-12-20(19)31(24)25/h4-7,9-12,14H,2-3,8,13,15-16H2,1H3,(H,26,33)(H,27,32). The highest BCUT2D eigenvalue weighted by molar-refractivity contribution is 7.99. The number of thioether (sulfide) groups is 1. The zero-order chi connectivity index (χ0) is 24.8. The largest absolute Gasteiger partial charge is 0.351 e. The van der Waals surface area contributed by atoms with E-state index in [0.717, 1.165) is 12.0 Å².